The molecule has 5 nitrogen and oxygen atoms in total. The van der Waals surface area contributed by atoms with E-state index >= 15 is 0 Å². The fourth-order valence-electron chi connectivity index (χ4n) is 2.54. The predicted molar refractivity (Wildman–Crippen MR) is 76.7 cm³/mol. The van der Waals surface area contributed by atoms with Crippen molar-refractivity contribution in [1.29, 1.82) is 0 Å². The lowest BCUT2D eigenvalue weighted by atomic mass is 10.0. The fourth-order valence-corrected chi connectivity index (χ4v) is 2.54. The van der Waals surface area contributed by atoms with E-state index in [9.17, 15) is 4.79 Å². The van der Waals surface area contributed by atoms with Crippen LogP contribution in [0.25, 0.3) is 21.7 Å². The molecule has 2 aromatic carbocycles. The largest absolute Gasteiger partial charge is 0.465 e. The molecule has 21 heavy (non-hydrogen) atoms. The molecule has 3 aromatic rings. The van der Waals surface area contributed by atoms with Gasteiger partial charge in [-0.2, -0.15) is 0 Å². The van der Waals surface area contributed by atoms with E-state index in [-0.39, 0.29) is 6.79 Å². The lowest BCUT2D eigenvalue weighted by Gasteiger charge is -2.06. The first-order chi connectivity index (χ1) is 10.3. The van der Waals surface area contributed by atoms with Crippen molar-refractivity contribution in [3.8, 4) is 11.5 Å². The van der Waals surface area contributed by atoms with Gasteiger partial charge in [-0.3, -0.25) is 4.98 Å². The number of hydrogen-bond acceptors (Lipinski definition) is 5. The summed E-state index contributed by atoms with van der Waals surface area (Å²) in [6.45, 7) is 0.240. The minimum atomic E-state index is -0.393. The van der Waals surface area contributed by atoms with Gasteiger partial charge in [-0.1, -0.05) is 12.1 Å². The molecule has 1 aliphatic heterocycles. The van der Waals surface area contributed by atoms with Crippen LogP contribution < -0.4 is 9.47 Å². The number of aromatic nitrogens is 1. The number of methoxy groups -OCH3 is 1. The number of carbonyl (C=O) groups is 1. The molecular formula is C16H11NO4. The highest BCUT2D eigenvalue weighted by Crippen LogP contribution is 2.38. The van der Waals surface area contributed by atoms with E-state index in [1.54, 1.807) is 6.07 Å². The zero-order valence-electron chi connectivity index (χ0n) is 11.3. The molecule has 1 aromatic heterocycles. The fraction of sp³-hybridized carbons (Fsp3) is 0.125. The van der Waals surface area contributed by atoms with Crippen molar-refractivity contribution >= 4 is 27.6 Å². The molecule has 0 unspecified atom stereocenters. The van der Waals surface area contributed by atoms with Crippen LogP contribution >= 0.6 is 0 Å². The normalized spacial score (nSPS) is 12.8. The molecule has 0 saturated carbocycles. The van der Waals surface area contributed by atoms with Crippen LogP contribution in [0.3, 0.4) is 0 Å². The molecule has 0 spiro atoms. The molecule has 0 amide bonds. The zero-order valence-corrected chi connectivity index (χ0v) is 11.3. The van der Waals surface area contributed by atoms with Gasteiger partial charge in [0.15, 0.2) is 11.5 Å². The average molecular weight is 281 g/mol. The Kier molecular flexibility index (Phi) is 2.47. The van der Waals surface area contributed by atoms with Gasteiger partial charge in [0.2, 0.25) is 6.79 Å². The van der Waals surface area contributed by atoms with E-state index < -0.39 is 5.97 Å². The molecule has 0 fully saturated rings. The maximum atomic E-state index is 11.6. The van der Waals surface area contributed by atoms with Gasteiger partial charge in [-0.15, -0.1) is 0 Å². The number of nitrogens with zero attached hydrogens (tertiary/aromatic N) is 1. The summed E-state index contributed by atoms with van der Waals surface area (Å²) in [4.78, 5) is 16.0. The van der Waals surface area contributed by atoms with Crippen LogP contribution in [0, 0.1) is 0 Å². The summed E-state index contributed by atoms with van der Waals surface area (Å²) in [6, 6.07) is 9.54. The van der Waals surface area contributed by atoms with Gasteiger partial charge in [0.05, 0.1) is 18.2 Å². The summed E-state index contributed by atoms with van der Waals surface area (Å²) < 4.78 is 15.5. The van der Waals surface area contributed by atoms with Crippen molar-refractivity contribution in [2.75, 3.05) is 13.9 Å². The van der Waals surface area contributed by atoms with E-state index in [2.05, 4.69) is 4.98 Å². The van der Waals surface area contributed by atoms with Gasteiger partial charge < -0.3 is 14.2 Å². The van der Waals surface area contributed by atoms with Crippen LogP contribution in [-0.2, 0) is 4.74 Å². The number of carbonyl (C=O) groups excluding carboxylic acids is 1. The van der Waals surface area contributed by atoms with E-state index in [4.69, 9.17) is 14.2 Å². The topological polar surface area (TPSA) is 57.7 Å². The van der Waals surface area contributed by atoms with Crippen LogP contribution in [0.1, 0.15) is 10.4 Å². The highest BCUT2D eigenvalue weighted by molar-refractivity contribution is 6.07. The first kappa shape index (κ1) is 12.0. The molecule has 0 aliphatic carbocycles. The molecule has 0 atom stereocenters. The maximum Gasteiger partial charge on any atom is 0.339 e. The Morgan fingerprint density at radius 3 is 2.71 bits per heavy atom. The number of ether oxygens (including phenoxy) is 3. The van der Waals surface area contributed by atoms with Gasteiger partial charge in [0.1, 0.15) is 0 Å². The summed E-state index contributed by atoms with van der Waals surface area (Å²) in [6.07, 6.45) is 1.53. The molecule has 0 N–H and O–H groups in total. The van der Waals surface area contributed by atoms with Crippen LogP contribution in [0.15, 0.2) is 36.5 Å². The lowest BCUT2D eigenvalue weighted by Crippen LogP contribution is -2.01. The smallest absolute Gasteiger partial charge is 0.339 e. The third-order valence-corrected chi connectivity index (χ3v) is 3.58. The highest BCUT2D eigenvalue weighted by Gasteiger charge is 2.16. The van der Waals surface area contributed by atoms with Gasteiger partial charge in [-0.05, 0) is 23.6 Å². The molecule has 5 heteroatoms. The molecule has 104 valence electrons. The monoisotopic (exact) mass is 281 g/mol. The highest BCUT2D eigenvalue weighted by atomic mass is 16.7. The van der Waals surface area contributed by atoms with Gasteiger partial charge >= 0.3 is 5.97 Å². The van der Waals surface area contributed by atoms with Crippen LogP contribution in [-0.4, -0.2) is 24.9 Å². The minimum absolute atomic E-state index is 0.240. The maximum absolute atomic E-state index is 11.6. The Balaban J connectivity index is 1.99. The van der Waals surface area contributed by atoms with Crippen molar-refractivity contribution in [3.05, 3.63) is 42.1 Å². The van der Waals surface area contributed by atoms with Crippen molar-refractivity contribution in [1.82, 2.24) is 4.98 Å². The van der Waals surface area contributed by atoms with Gasteiger partial charge in [0, 0.05) is 17.0 Å². The number of esters is 1. The minimum Gasteiger partial charge on any atom is -0.465 e. The Hall–Kier alpha value is -2.82. The molecule has 0 bridgehead atoms. The SMILES string of the molecule is COC(=O)c1cnc2c(ccc3cc4c(cc32)OCO4)c1. The Bertz CT molecular complexity index is 888. The summed E-state index contributed by atoms with van der Waals surface area (Å²) >= 11 is 0. The van der Waals surface area contributed by atoms with E-state index in [0.717, 1.165) is 27.4 Å². The number of fused-ring (bicyclic) bond motifs is 4. The van der Waals surface area contributed by atoms with Gasteiger partial charge in [0.25, 0.3) is 0 Å². The molecule has 0 radical (unpaired) electrons. The Morgan fingerprint density at radius 2 is 1.90 bits per heavy atom. The van der Waals surface area contributed by atoms with Crippen molar-refractivity contribution in [2.24, 2.45) is 0 Å². The van der Waals surface area contributed by atoms with Crippen molar-refractivity contribution < 1.29 is 19.0 Å². The van der Waals surface area contributed by atoms with E-state index in [1.165, 1.54) is 13.3 Å². The Labute approximate surface area is 120 Å². The number of rotatable bonds is 1. The van der Waals surface area contributed by atoms with Crippen LogP contribution in [0.5, 0.6) is 11.5 Å². The Morgan fingerprint density at radius 1 is 1.14 bits per heavy atom. The van der Waals surface area contributed by atoms with Crippen molar-refractivity contribution in [2.45, 2.75) is 0 Å². The molecule has 0 saturated heterocycles. The molecule has 1 aliphatic rings. The number of pyridine rings is 1. The van der Waals surface area contributed by atoms with Crippen LogP contribution in [0.2, 0.25) is 0 Å². The third-order valence-electron chi connectivity index (χ3n) is 3.58. The summed E-state index contributed by atoms with van der Waals surface area (Å²) in [5, 5.41) is 2.86. The van der Waals surface area contributed by atoms with E-state index in [1.807, 2.05) is 24.3 Å². The second-order valence-electron chi connectivity index (χ2n) is 4.78. The summed E-state index contributed by atoms with van der Waals surface area (Å²) in [7, 11) is 1.35. The van der Waals surface area contributed by atoms with Crippen molar-refractivity contribution in [3.63, 3.8) is 0 Å². The summed E-state index contributed by atoms with van der Waals surface area (Å²) in [5.41, 5.74) is 1.25. The quantitative estimate of drug-likeness (QED) is 0.507. The number of hydrogen-bond donors (Lipinski definition) is 0. The number of benzene rings is 2. The zero-order chi connectivity index (χ0) is 14.4. The van der Waals surface area contributed by atoms with Gasteiger partial charge in [-0.25, -0.2) is 4.79 Å². The third kappa shape index (κ3) is 1.78. The van der Waals surface area contributed by atoms with E-state index in [0.29, 0.717) is 11.3 Å². The second-order valence-corrected chi connectivity index (χ2v) is 4.78. The molecule has 2 heterocycles. The summed E-state index contributed by atoms with van der Waals surface area (Å²) in [5.74, 6) is 1.07. The standard InChI is InChI=1S/C16H11NO4/c1-19-16(18)11-4-10-3-2-9-5-13-14(21-8-20-13)6-12(9)15(10)17-7-11/h2-7H,8H2,1H3. The molecule has 4 rings (SSSR count). The first-order valence-electron chi connectivity index (χ1n) is 6.47. The van der Waals surface area contributed by atoms with Crippen LogP contribution in [0.4, 0.5) is 0 Å². The second kappa shape index (κ2) is 4.34. The predicted octanol–water partition coefficient (Wildman–Crippen LogP) is 2.90. The average Bonchev–Trinajstić information content (AvgIpc) is 2.98. The lowest BCUT2D eigenvalue weighted by molar-refractivity contribution is 0.0600. The molecular weight excluding hydrogens is 270 g/mol. The first-order valence-corrected chi connectivity index (χ1v) is 6.47.